The zero-order valence-electron chi connectivity index (χ0n) is 14.1. The second-order valence-corrected chi connectivity index (χ2v) is 6.36. The Balaban J connectivity index is 1.46. The molecular formula is C19H15F3N4O. The van der Waals surface area contributed by atoms with Crippen LogP contribution in [0.5, 0.6) is 0 Å². The summed E-state index contributed by atoms with van der Waals surface area (Å²) in [4.78, 5) is 13.9. The molecule has 3 aromatic rings. The fourth-order valence-electron chi connectivity index (χ4n) is 3.07. The molecular weight excluding hydrogens is 357 g/mol. The third kappa shape index (κ3) is 3.30. The number of carbonyl (C=O) groups excluding carboxylic acids is 1. The summed E-state index contributed by atoms with van der Waals surface area (Å²) in [5.74, 6) is -0.623. The van der Waals surface area contributed by atoms with Crippen molar-refractivity contribution >= 4 is 5.91 Å². The normalized spacial score (nSPS) is 14.9. The van der Waals surface area contributed by atoms with E-state index in [-0.39, 0.29) is 11.6 Å². The molecule has 0 aliphatic carbocycles. The van der Waals surface area contributed by atoms with E-state index >= 15 is 0 Å². The summed E-state index contributed by atoms with van der Waals surface area (Å²) >= 11 is 0. The Morgan fingerprint density at radius 2 is 1.67 bits per heavy atom. The quantitative estimate of drug-likeness (QED) is 0.705. The lowest BCUT2D eigenvalue weighted by atomic mass is 10.0. The highest BCUT2D eigenvalue weighted by molar-refractivity contribution is 5.96. The topological polar surface area (TPSA) is 51.0 Å². The molecule has 0 atom stereocenters. The van der Waals surface area contributed by atoms with Crippen molar-refractivity contribution in [3.8, 4) is 11.3 Å². The molecule has 1 aliphatic rings. The average molecular weight is 372 g/mol. The SMILES string of the molecule is O=C(c1ccccc1C(F)(F)F)N1CC(n2cc(-c3ccccc3)nn2)C1. The van der Waals surface area contributed by atoms with Crippen molar-refractivity contribution in [2.45, 2.75) is 12.2 Å². The second-order valence-electron chi connectivity index (χ2n) is 6.36. The van der Waals surface area contributed by atoms with E-state index in [0.29, 0.717) is 18.8 Å². The van der Waals surface area contributed by atoms with Crippen molar-refractivity contribution < 1.29 is 18.0 Å². The van der Waals surface area contributed by atoms with Crippen LogP contribution in [0.15, 0.2) is 60.8 Å². The molecule has 8 heteroatoms. The first-order chi connectivity index (χ1) is 12.9. The molecule has 0 saturated carbocycles. The first-order valence-corrected chi connectivity index (χ1v) is 8.36. The number of aromatic nitrogens is 3. The molecule has 1 amide bonds. The van der Waals surface area contributed by atoms with Crippen LogP contribution in [0.3, 0.4) is 0 Å². The van der Waals surface area contributed by atoms with Crippen LogP contribution in [0.25, 0.3) is 11.3 Å². The van der Waals surface area contributed by atoms with E-state index in [1.807, 2.05) is 30.3 Å². The van der Waals surface area contributed by atoms with Gasteiger partial charge in [-0.05, 0) is 12.1 Å². The lowest BCUT2D eigenvalue weighted by Crippen LogP contribution is -2.51. The van der Waals surface area contributed by atoms with Gasteiger partial charge in [-0.25, -0.2) is 4.68 Å². The fraction of sp³-hybridized carbons (Fsp3) is 0.211. The number of hydrogen-bond acceptors (Lipinski definition) is 3. The average Bonchev–Trinajstić information content (AvgIpc) is 3.10. The summed E-state index contributed by atoms with van der Waals surface area (Å²) in [6.45, 7) is 0.589. The molecule has 0 N–H and O–H groups in total. The summed E-state index contributed by atoms with van der Waals surface area (Å²) in [5.41, 5.74) is 0.399. The molecule has 0 bridgehead atoms. The number of alkyl halides is 3. The Kier molecular flexibility index (Phi) is 4.18. The van der Waals surface area contributed by atoms with Crippen LogP contribution in [0.1, 0.15) is 22.0 Å². The maximum atomic E-state index is 13.1. The van der Waals surface area contributed by atoms with E-state index in [1.165, 1.54) is 23.1 Å². The molecule has 27 heavy (non-hydrogen) atoms. The van der Waals surface area contributed by atoms with Gasteiger partial charge >= 0.3 is 6.18 Å². The van der Waals surface area contributed by atoms with Crippen LogP contribution in [-0.2, 0) is 6.18 Å². The van der Waals surface area contributed by atoms with E-state index in [2.05, 4.69) is 10.3 Å². The molecule has 1 aliphatic heterocycles. The number of hydrogen-bond donors (Lipinski definition) is 0. The van der Waals surface area contributed by atoms with Gasteiger partial charge in [0, 0.05) is 18.7 Å². The summed E-state index contributed by atoms with van der Waals surface area (Å²) in [6, 6.07) is 14.3. The Bertz CT molecular complexity index is 962. The third-order valence-corrected chi connectivity index (χ3v) is 4.57. The monoisotopic (exact) mass is 372 g/mol. The minimum absolute atomic E-state index is 0.100. The highest BCUT2D eigenvalue weighted by Crippen LogP contribution is 2.33. The summed E-state index contributed by atoms with van der Waals surface area (Å²) in [5, 5.41) is 8.21. The third-order valence-electron chi connectivity index (χ3n) is 4.57. The Labute approximate surface area is 153 Å². The van der Waals surface area contributed by atoms with Gasteiger partial charge in [0.2, 0.25) is 0 Å². The molecule has 1 fully saturated rings. The molecule has 1 saturated heterocycles. The molecule has 2 heterocycles. The first-order valence-electron chi connectivity index (χ1n) is 8.36. The van der Waals surface area contributed by atoms with Crippen LogP contribution in [-0.4, -0.2) is 38.9 Å². The second kappa shape index (κ2) is 6.53. The van der Waals surface area contributed by atoms with Crippen molar-refractivity contribution in [2.24, 2.45) is 0 Å². The molecule has 2 aromatic carbocycles. The van der Waals surface area contributed by atoms with E-state index in [9.17, 15) is 18.0 Å². The van der Waals surface area contributed by atoms with Crippen molar-refractivity contribution in [1.29, 1.82) is 0 Å². The maximum absolute atomic E-state index is 13.1. The number of nitrogens with zero attached hydrogens (tertiary/aromatic N) is 4. The molecule has 5 nitrogen and oxygen atoms in total. The van der Waals surface area contributed by atoms with Crippen LogP contribution >= 0.6 is 0 Å². The number of carbonyl (C=O) groups is 1. The van der Waals surface area contributed by atoms with Gasteiger partial charge in [0.1, 0.15) is 5.69 Å². The molecule has 4 rings (SSSR count). The van der Waals surface area contributed by atoms with Crippen LogP contribution in [0.4, 0.5) is 13.2 Å². The van der Waals surface area contributed by atoms with Crippen molar-refractivity contribution in [1.82, 2.24) is 19.9 Å². The smallest absolute Gasteiger partial charge is 0.334 e. The molecule has 0 spiro atoms. The molecule has 0 unspecified atom stereocenters. The first kappa shape index (κ1) is 17.3. The van der Waals surface area contributed by atoms with Crippen LogP contribution in [0, 0.1) is 0 Å². The largest absolute Gasteiger partial charge is 0.417 e. The molecule has 1 aromatic heterocycles. The Hall–Kier alpha value is -3.16. The minimum Gasteiger partial charge on any atom is -0.334 e. The fourth-order valence-corrected chi connectivity index (χ4v) is 3.07. The zero-order valence-corrected chi connectivity index (χ0v) is 14.1. The number of likely N-dealkylation sites (tertiary alicyclic amines) is 1. The van der Waals surface area contributed by atoms with E-state index in [1.54, 1.807) is 10.9 Å². The highest BCUT2D eigenvalue weighted by Gasteiger charge is 2.39. The number of amides is 1. The van der Waals surface area contributed by atoms with Crippen molar-refractivity contribution in [3.05, 3.63) is 71.9 Å². The van der Waals surface area contributed by atoms with E-state index in [0.717, 1.165) is 11.6 Å². The highest BCUT2D eigenvalue weighted by atomic mass is 19.4. The van der Waals surface area contributed by atoms with Gasteiger partial charge in [0.05, 0.1) is 23.4 Å². The van der Waals surface area contributed by atoms with Gasteiger partial charge in [-0.3, -0.25) is 4.79 Å². The zero-order chi connectivity index (χ0) is 19.0. The number of rotatable bonds is 3. The van der Waals surface area contributed by atoms with Crippen molar-refractivity contribution in [2.75, 3.05) is 13.1 Å². The van der Waals surface area contributed by atoms with Crippen LogP contribution in [0.2, 0.25) is 0 Å². The van der Waals surface area contributed by atoms with Gasteiger partial charge in [0.15, 0.2) is 0 Å². The van der Waals surface area contributed by atoms with E-state index < -0.39 is 17.6 Å². The summed E-state index contributed by atoms with van der Waals surface area (Å²) in [6.07, 6.45) is -2.78. The summed E-state index contributed by atoms with van der Waals surface area (Å²) in [7, 11) is 0. The lowest BCUT2D eigenvalue weighted by Gasteiger charge is -2.39. The van der Waals surface area contributed by atoms with Gasteiger partial charge in [-0.2, -0.15) is 13.2 Å². The standard InChI is InChI=1S/C19H15F3N4O/c20-19(21,22)16-9-5-4-8-15(16)18(27)25-10-14(11-25)26-12-17(23-24-26)13-6-2-1-3-7-13/h1-9,12,14H,10-11H2. The number of benzene rings is 2. The molecule has 138 valence electrons. The van der Waals surface area contributed by atoms with Crippen molar-refractivity contribution in [3.63, 3.8) is 0 Å². The summed E-state index contributed by atoms with van der Waals surface area (Å²) < 4.78 is 41.0. The van der Waals surface area contributed by atoms with Gasteiger partial charge in [-0.15, -0.1) is 5.10 Å². The van der Waals surface area contributed by atoms with Gasteiger partial charge in [-0.1, -0.05) is 47.7 Å². The van der Waals surface area contributed by atoms with Crippen LogP contribution < -0.4 is 0 Å². The number of halogens is 3. The Morgan fingerprint density at radius 1 is 1.00 bits per heavy atom. The lowest BCUT2D eigenvalue weighted by molar-refractivity contribution is -0.138. The van der Waals surface area contributed by atoms with E-state index in [4.69, 9.17) is 0 Å². The Morgan fingerprint density at radius 3 is 2.37 bits per heavy atom. The maximum Gasteiger partial charge on any atom is 0.417 e. The predicted molar refractivity (Wildman–Crippen MR) is 91.8 cm³/mol. The van der Waals surface area contributed by atoms with Gasteiger partial charge in [0.25, 0.3) is 5.91 Å². The predicted octanol–water partition coefficient (Wildman–Crippen LogP) is 3.66. The molecule has 0 radical (unpaired) electrons. The van der Waals surface area contributed by atoms with Gasteiger partial charge < -0.3 is 4.90 Å². The minimum atomic E-state index is -4.56.